The Labute approximate surface area is 213 Å². The van der Waals surface area contributed by atoms with Crippen LogP contribution in [0.15, 0.2) is 53.5 Å². The number of nitrogens with zero attached hydrogens (tertiary/aromatic N) is 3. The summed E-state index contributed by atoms with van der Waals surface area (Å²) in [5.74, 6) is 1.64. The Balaban J connectivity index is 0.00000363. The van der Waals surface area contributed by atoms with E-state index in [-0.39, 0.29) is 30.1 Å². The molecule has 0 unspecified atom stereocenters. The number of nitrogens with one attached hydrogen (secondary N) is 1. The molecule has 0 bridgehead atoms. The van der Waals surface area contributed by atoms with Crippen LogP contribution < -0.4 is 10.1 Å². The lowest BCUT2D eigenvalue weighted by Crippen LogP contribution is -2.40. The molecule has 3 rings (SSSR count). The fourth-order valence-corrected chi connectivity index (χ4v) is 3.73. The Kier molecular flexibility index (Phi) is 11.6. The smallest absolute Gasteiger partial charge is 0.193 e. The molecule has 1 fully saturated rings. The fraction of sp³-hybridized carbons (Fsp3) is 0.458. The molecule has 2 aromatic rings. The second-order valence-corrected chi connectivity index (χ2v) is 8.38. The Morgan fingerprint density at radius 2 is 1.75 bits per heavy atom. The lowest BCUT2D eigenvalue weighted by atomic mass is 10.1. The van der Waals surface area contributed by atoms with Crippen molar-refractivity contribution in [1.82, 2.24) is 15.1 Å². The molecule has 1 saturated heterocycles. The van der Waals surface area contributed by atoms with Gasteiger partial charge in [-0.1, -0.05) is 35.9 Å². The standard InChI is InChI=1S/C24H33ClN4O2.HI/c1-26-24(28(2)15-16-31-23-9-7-21(25)8-10-23)27-17-19-3-5-20(6-4-19)18-29-13-11-22(30)12-14-29;/h3-10,22,30H,11-18H2,1-2H3,(H,26,27);1H. The number of guanidine groups is 1. The number of rotatable bonds is 8. The molecule has 0 saturated carbocycles. The molecule has 1 heterocycles. The highest BCUT2D eigenvalue weighted by Crippen LogP contribution is 2.16. The number of aliphatic hydroxyl groups excluding tert-OH is 1. The van der Waals surface area contributed by atoms with Crippen LogP contribution in [0, 0.1) is 0 Å². The molecule has 0 aromatic heterocycles. The second kappa shape index (κ2) is 13.9. The monoisotopic (exact) mass is 572 g/mol. The van der Waals surface area contributed by atoms with Gasteiger partial charge < -0.3 is 20.1 Å². The van der Waals surface area contributed by atoms with Crippen LogP contribution in [-0.2, 0) is 13.1 Å². The molecule has 176 valence electrons. The van der Waals surface area contributed by atoms with E-state index in [4.69, 9.17) is 16.3 Å². The molecule has 2 N–H and O–H groups in total. The van der Waals surface area contributed by atoms with E-state index in [1.807, 2.05) is 31.3 Å². The van der Waals surface area contributed by atoms with Crippen molar-refractivity contribution in [3.8, 4) is 5.75 Å². The topological polar surface area (TPSA) is 60.3 Å². The van der Waals surface area contributed by atoms with Crippen LogP contribution in [0.4, 0.5) is 0 Å². The Bertz CT molecular complexity index is 825. The molecule has 2 aromatic carbocycles. The summed E-state index contributed by atoms with van der Waals surface area (Å²) in [4.78, 5) is 8.83. The molecular formula is C24H34ClIN4O2. The van der Waals surface area contributed by atoms with E-state index in [9.17, 15) is 5.11 Å². The van der Waals surface area contributed by atoms with Gasteiger partial charge in [0.25, 0.3) is 0 Å². The zero-order valence-electron chi connectivity index (χ0n) is 18.8. The van der Waals surface area contributed by atoms with Crippen molar-refractivity contribution in [2.24, 2.45) is 4.99 Å². The van der Waals surface area contributed by atoms with E-state index in [0.29, 0.717) is 24.7 Å². The molecule has 0 radical (unpaired) electrons. The van der Waals surface area contributed by atoms with Crippen molar-refractivity contribution in [3.05, 3.63) is 64.7 Å². The number of aliphatic hydroxyl groups is 1. The van der Waals surface area contributed by atoms with Gasteiger partial charge in [0.2, 0.25) is 0 Å². The van der Waals surface area contributed by atoms with Gasteiger partial charge in [0.05, 0.1) is 12.6 Å². The van der Waals surface area contributed by atoms with Crippen molar-refractivity contribution in [1.29, 1.82) is 0 Å². The highest BCUT2D eigenvalue weighted by Gasteiger charge is 2.16. The van der Waals surface area contributed by atoms with Crippen LogP contribution in [0.3, 0.4) is 0 Å². The molecule has 32 heavy (non-hydrogen) atoms. The summed E-state index contributed by atoms with van der Waals surface area (Å²) in [7, 11) is 3.79. The van der Waals surface area contributed by atoms with Crippen molar-refractivity contribution in [2.45, 2.75) is 32.0 Å². The third-order valence-electron chi connectivity index (χ3n) is 5.52. The maximum Gasteiger partial charge on any atom is 0.193 e. The number of benzene rings is 2. The third kappa shape index (κ3) is 8.77. The highest BCUT2D eigenvalue weighted by atomic mass is 127. The van der Waals surface area contributed by atoms with Crippen molar-refractivity contribution in [3.63, 3.8) is 0 Å². The third-order valence-corrected chi connectivity index (χ3v) is 5.77. The number of halogens is 2. The first-order valence-electron chi connectivity index (χ1n) is 10.8. The highest BCUT2D eigenvalue weighted by molar-refractivity contribution is 14.0. The minimum absolute atomic E-state index is 0. The number of hydrogen-bond donors (Lipinski definition) is 2. The van der Waals surface area contributed by atoms with E-state index in [1.165, 1.54) is 11.1 Å². The molecular weight excluding hydrogens is 539 g/mol. The summed E-state index contributed by atoms with van der Waals surface area (Å²) in [6, 6.07) is 16.1. The van der Waals surface area contributed by atoms with E-state index in [1.54, 1.807) is 7.05 Å². The Hall–Kier alpha value is -1.55. The SMILES string of the molecule is CN=C(NCc1ccc(CN2CCC(O)CC2)cc1)N(C)CCOc1ccc(Cl)cc1.I. The van der Waals surface area contributed by atoms with Gasteiger partial charge in [-0.25, -0.2) is 0 Å². The molecule has 6 nitrogen and oxygen atoms in total. The summed E-state index contributed by atoms with van der Waals surface area (Å²) in [5, 5.41) is 13.8. The van der Waals surface area contributed by atoms with Crippen LogP contribution in [0.5, 0.6) is 5.75 Å². The molecule has 0 amide bonds. The van der Waals surface area contributed by atoms with Crippen molar-refractivity contribution < 1.29 is 9.84 Å². The summed E-state index contributed by atoms with van der Waals surface area (Å²) in [6.07, 6.45) is 1.62. The predicted molar refractivity (Wildman–Crippen MR) is 142 cm³/mol. The van der Waals surface area contributed by atoms with Crippen LogP contribution >= 0.6 is 35.6 Å². The van der Waals surface area contributed by atoms with Crippen LogP contribution in [0.1, 0.15) is 24.0 Å². The first kappa shape index (κ1) is 26.7. The van der Waals surface area contributed by atoms with Crippen LogP contribution in [-0.4, -0.2) is 67.3 Å². The van der Waals surface area contributed by atoms with Crippen LogP contribution in [0.2, 0.25) is 5.02 Å². The summed E-state index contributed by atoms with van der Waals surface area (Å²) >= 11 is 5.90. The number of aliphatic imine (C=N–C) groups is 1. The van der Waals surface area contributed by atoms with Gasteiger partial charge in [-0.15, -0.1) is 24.0 Å². The normalized spacial score (nSPS) is 15.2. The largest absolute Gasteiger partial charge is 0.492 e. The minimum atomic E-state index is -0.124. The Morgan fingerprint density at radius 3 is 2.38 bits per heavy atom. The Morgan fingerprint density at radius 1 is 1.12 bits per heavy atom. The van der Waals surface area contributed by atoms with Gasteiger partial charge in [0, 0.05) is 45.3 Å². The van der Waals surface area contributed by atoms with Gasteiger partial charge in [-0.3, -0.25) is 9.89 Å². The van der Waals surface area contributed by atoms with Gasteiger partial charge in [-0.2, -0.15) is 0 Å². The van der Waals surface area contributed by atoms with E-state index < -0.39 is 0 Å². The number of likely N-dealkylation sites (tertiary alicyclic amines) is 1. The molecule has 1 aliphatic heterocycles. The van der Waals surface area contributed by atoms with Gasteiger partial charge >= 0.3 is 0 Å². The summed E-state index contributed by atoms with van der Waals surface area (Å²) in [5.41, 5.74) is 2.52. The fourth-order valence-electron chi connectivity index (χ4n) is 3.60. The number of piperidine rings is 1. The predicted octanol–water partition coefficient (Wildman–Crippen LogP) is 4.00. The average molecular weight is 573 g/mol. The van der Waals surface area contributed by atoms with Gasteiger partial charge in [0.1, 0.15) is 12.4 Å². The van der Waals surface area contributed by atoms with Crippen molar-refractivity contribution >= 4 is 41.5 Å². The first-order valence-corrected chi connectivity index (χ1v) is 11.2. The lowest BCUT2D eigenvalue weighted by Gasteiger charge is -2.29. The second-order valence-electron chi connectivity index (χ2n) is 7.95. The summed E-state index contributed by atoms with van der Waals surface area (Å²) < 4.78 is 5.77. The molecule has 0 aliphatic carbocycles. The molecule has 1 aliphatic rings. The summed E-state index contributed by atoms with van der Waals surface area (Å²) in [6.45, 7) is 4.86. The molecule has 8 heteroatoms. The van der Waals surface area contributed by atoms with E-state index >= 15 is 0 Å². The average Bonchev–Trinajstić information content (AvgIpc) is 2.78. The zero-order chi connectivity index (χ0) is 22.1. The van der Waals surface area contributed by atoms with Gasteiger partial charge in [-0.05, 0) is 48.2 Å². The minimum Gasteiger partial charge on any atom is -0.492 e. The van der Waals surface area contributed by atoms with Crippen molar-refractivity contribution in [2.75, 3.05) is 40.3 Å². The lowest BCUT2D eigenvalue weighted by molar-refractivity contribution is 0.0792. The van der Waals surface area contributed by atoms with E-state index in [2.05, 4.69) is 44.4 Å². The molecule has 0 spiro atoms. The van der Waals surface area contributed by atoms with Gasteiger partial charge in [0.15, 0.2) is 5.96 Å². The number of hydrogen-bond acceptors (Lipinski definition) is 4. The van der Waals surface area contributed by atoms with Crippen LogP contribution in [0.25, 0.3) is 0 Å². The quantitative estimate of drug-likeness (QED) is 0.285. The zero-order valence-corrected chi connectivity index (χ0v) is 21.9. The first-order chi connectivity index (χ1) is 15.0. The maximum absolute atomic E-state index is 9.64. The van der Waals surface area contributed by atoms with E-state index in [0.717, 1.165) is 44.2 Å². The maximum atomic E-state index is 9.64. The number of likely N-dealkylation sites (N-methyl/N-ethyl adjacent to an activating group) is 1. The number of ether oxygens (including phenoxy) is 1. The molecule has 0 atom stereocenters.